The lowest BCUT2D eigenvalue weighted by atomic mass is 10.2. The van der Waals surface area contributed by atoms with Crippen molar-refractivity contribution in [2.45, 2.75) is 33.4 Å². The van der Waals surface area contributed by atoms with Crippen molar-refractivity contribution in [1.82, 2.24) is 4.98 Å². The van der Waals surface area contributed by atoms with Gasteiger partial charge in [-0.2, -0.15) is 13.2 Å². The van der Waals surface area contributed by atoms with Crippen molar-refractivity contribution in [3.8, 4) is 0 Å². The molecule has 0 bridgehead atoms. The fraction of sp³-hybridized carbons (Fsp3) is 0.500. The Morgan fingerprint density at radius 2 is 2.06 bits per heavy atom. The molecule has 0 radical (unpaired) electrons. The van der Waals surface area contributed by atoms with Gasteiger partial charge in [0.15, 0.2) is 0 Å². The van der Waals surface area contributed by atoms with Crippen LogP contribution in [0.5, 0.6) is 0 Å². The number of aromatic nitrogens is 1. The molecule has 0 fully saturated rings. The van der Waals surface area contributed by atoms with Gasteiger partial charge < -0.3 is 4.90 Å². The highest BCUT2D eigenvalue weighted by atomic mass is 19.4. The second kappa shape index (κ2) is 5.37. The van der Waals surface area contributed by atoms with Crippen molar-refractivity contribution in [1.29, 1.82) is 0 Å². The Morgan fingerprint density at radius 1 is 1.44 bits per heavy atom. The summed E-state index contributed by atoms with van der Waals surface area (Å²) in [6.45, 7) is 5.27. The first-order valence-electron chi connectivity index (χ1n) is 5.59. The van der Waals surface area contributed by atoms with Gasteiger partial charge in [-0.3, -0.25) is 4.79 Å². The molecular formula is C12H15F3N2O. The Balaban J connectivity index is 3.15. The number of nitrogens with zero attached hydrogens (tertiary/aromatic N) is 2. The van der Waals surface area contributed by atoms with Crippen molar-refractivity contribution in [2.24, 2.45) is 0 Å². The molecule has 1 heterocycles. The number of halogens is 3. The SMILES string of the molecule is CCCN(C(C)=O)c1cnc(C(F)(F)F)cc1C. The topological polar surface area (TPSA) is 33.2 Å². The minimum absolute atomic E-state index is 0.207. The maximum absolute atomic E-state index is 12.5. The summed E-state index contributed by atoms with van der Waals surface area (Å²) in [5, 5.41) is 0. The monoisotopic (exact) mass is 260 g/mol. The van der Waals surface area contributed by atoms with Crippen LogP contribution in [0.3, 0.4) is 0 Å². The Hall–Kier alpha value is -1.59. The van der Waals surface area contributed by atoms with Gasteiger partial charge in [-0.15, -0.1) is 0 Å². The average Bonchev–Trinajstić information content (AvgIpc) is 2.24. The molecule has 1 rings (SSSR count). The lowest BCUT2D eigenvalue weighted by molar-refractivity contribution is -0.141. The summed E-state index contributed by atoms with van der Waals surface area (Å²) in [6, 6.07) is 0.959. The van der Waals surface area contributed by atoms with Gasteiger partial charge in [-0.1, -0.05) is 6.92 Å². The maximum Gasteiger partial charge on any atom is 0.433 e. The molecule has 18 heavy (non-hydrogen) atoms. The third-order valence-electron chi connectivity index (χ3n) is 2.49. The lowest BCUT2D eigenvalue weighted by Crippen LogP contribution is -2.30. The summed E-state index contributed by atoms with van der Waals surface area (Å²) < 4.78 is 37.4. The number of anilines is 1. The molecule has 0 unspecified atom stereocenters. The Bertz CT molecular complexity index is 443. The predicted molar refractivity (Wildman–Crippen MR) is 62.3 cm³/mol. The third kappa shape index (κ3) is 3.21. The van der Waals surface area contributed by atoms with Crippen molar-refractivity contribution >= 4 is 11.6 Å². The molecule has 0 N–H and O–H groups in total. The summed E-state index contributed by atoms with van der Waals surface area (Å²) in [6.07, 6.45) is -2.63. The van der Waals surface area contributed by atoms with Crippen LogP contribution in [0.2, 0.25) is 0 Å². The first-order chi connectivity index (χ1) is 8.27. The standard InChI is InChI=1S/C12H15F3N2O/c1-4-5-17(9(3)18)10-7-16-11(6-8(10)2)12(13,14)15/h6-7H,4-5H2,1-3H3. The van der Waals surface area contributed by atoms with Gasteiger partial charge in [-0.25, -0.2) is 4.98 Å². The van der Waals surface area contributed by atoms with Crippen LogP contribution in [-0.4, -0.2) is 17.4 Å². The van der Waals surface area contributed by atoms with Gasteiger partial charge in [-0.05, 0) is 25.0 Å². The summed E-state index contributed by atoms with van der Waals surface area (Å²) in [5.41, 5.74) is -0.123. The van der Waals surface area contributed by atoms with Crippen molar-refractivity contribution in [3.63, 3.8) is 0 Å². The average molecular weight is 260 g/mol. The van der Waals surface area contributed by atoms with E-state index in [1.54, 1.807) is 0 Å². The first-order valence-corrected chi connectivity index (χ1v) is 5.59. The largest absolute Gasteiger partial charge is 0.433 e. The summed E-state index contributed by atoms with van der Waals surface area (Å²) in [4.78, 5) is 16.3. The van der Waals surface area contributed by atoms with Gasteiger partial charge in [0, 0.05) is 13.5 Å². The van der Waals surface area contributed by atoms with Gasteiger partial charge in [0.25, 0.3) is 0 Å². The van der Waals surface area contributed by atoms with E-state index in [1.807, 2.05) is 6.92 Å². The number of hydrogen-bond donors (Lipinski definition) is 0. The van der Waals surface area contributed by atoms with Crippen LogP contribution in [0, 0.1) is 6.92 Å². The number of pyridine rings is 1. The van der Waals surface area contributed by atoms with E-state index < -0.39 is 11.9 Å². The lowest BCUT2D eigenvalue weighted by Gasteiger charge is -2.22. The molecule has 1 amide bonds. The molecule has 1 aromatic rings. The minimum atomic E-state index is -4.46. The van der Waals surface area contributed by atoms with E-state index >= 15 is 0 Å². The quantitative estimate of drug-likeness (QED) is 0.836. The van der Waals surface area contributed by atoms with Gasteiger partial charge >= 0.3 is 6.18 Å². The Kier molecular flexibility index (Phi) is 4.32. The van der Waals surface area contributed by atoms with Crippen LogP contribution in [0.1, 0.15) is 31.5 Å². The van der Waals surface area contributed by atoms with Crippen LogP contribution in [-0.2, 0) is 11.0 Å². The summed E-state index contributed by atoms with van der Waals surface area (Å²) in [7, 11) is 0. The molecule has 0 aliphatic carbocycles. The van der Waals surface area contributed by atoms with E-state index in [9.17, 15) is 18.0 Å². The molecule has 6 heteroatoms. The molecule has 0 spiro atoms. The van der Waals surface area contributed by atoms with Crippen LogP contribution < -0.4 is 4.90 Å². The third-order valence-corrected chi connectivity index (χ3v) is 2.49. The fourth-order valence-corrected chi connectivity index (χ4v) is 1.66. The maximum atomic E-state index is 12.5. The number of carbonyl (C=O) groups excluding carboxylic acids is 1. The van der Waals surface area contributed by atoms with Crippen LogP contribution in [0.4, 0.5) is 18.9 Å². The number of carbonyl (C=O) groups is 1. The van der Waals surface area contributed by atoms with Gasteiger partial charge in [0.2, 0.25) is 5.91 Å². The molecule has 0 aliphatic rings. The normalized spacial score (nSPS) is 11.4. The molecule has 1 aromatic heterocycles. The number of rotatable bonds is 3. The van der Waals surface area contributed by atoms with E-state index in [0.29, 0.717) is 17.8 Å². The molecule has 0 atom stereocenters. The Morgan fingerprint density at radius 3 is 2.44 bits per heavy atom. The molecule has 0 aromatic carbocycles. The minimum Gasteiger partial charge on any atom is -0.311 e. The number of hydrogen-bond acceptors (Lipinski definition) is 2. The summed E-state index contributed by atoms with van der Waals surface area (Å²) in [5.74, 6) is -0.207. The zero-order valence-electron chi connectivity index (χ0n) is 10.5. The van der Waals surface area contributed by atoms with Gasteiger partial charge in [0.05, 0.1) is 11.9 Å². The highest BCUT2D eigenvalue weighted by molar-refractivity contribution is 5.92. The molecule has 3 nitrogen and oxygen atoms in total. The summed E-state index contributed by atoms with van der Waals surface area (Å²) >= 11 is 0. The van der Waals surface area contributed by atoms with Crippen molar-refractivity contribution in [2.75, 3.05) is 11.4 Å². The highest BCUT2D eigenvalue weighted by Gasteiger charge is 2.33. The molecule has 100 valence electrons. The van der Waals surface area contributed by atoms with Crippen LogP contribution >= 0.6 is 0 Å². The first kappa shape index (κ1) is 14.5. The predicted octanol–water partition coefficient (Wildman–Crippen LogP) is 3.17. The second-order valence-corrected chi connectivity index (χ2v) is 4.02. The zero-order chi connectivity index (χ0) is 13.9. The smallest absolute Gasteiger partial charge is 0.311 e. The fourth-order valence-electron chi connectivity index (χ4n) is 1.66. The van der Waals surface area contributed by atoms with Crippen molar-refractivity contribution < 1.29 is 18.0 Å². The number of alkyl halides is 3. The van der Waals surface area contributed by atoms with E-state index in [4.69, 9.17) is 0 Å². The van der Waals surface area contributed by atoms with E-state index in [-0.39, 0.29) is 5.91 Å². The molecular weight excluding hydrogens is 245 g/mol. The number of amides is 1. The Labute approximate surface area is 104 Å². The van der Waals surface area contributed by atoms with E-state index in [2.05, 4.69) is 4.98 Å². The highest BCUT2D eigenvalue weighted by Crippen LogP contribution is 2.30. The number of aryl methyl sites for hydroxylation is 1. The molecule has 0 saturated carbocycles. The second-order valence-electron chi connectivity index (χ2n) is 4.02. The van der Waals surface area contributed by atoms with Crippen LogP contribution in [0.25, 0.3) is 0 Å². The van der Waals surface area contributed by atoms with Gasteiger partial charge in [0.1, 0.15) is 5.69 Å². The molecule has 0 aliphatic heterocycles. The van der Waals surface area contributed by atoms with E-state index in [0.717, 1.165) is 18.7 Å². The van der Waals surface area contributed by atoms with Crippen LogP contribution in [0.15, 0.2) is 12.3 Å². The van der Waals surface area contributed by atoms with Crippen molar-refractivity contribution in [3.05, 3.63) is 23.5 Å². The molecule has 0 saturated heterocycles. The van der Waals surface area contributed by atoms with E-state index in [1.165, 1.54) is 18.7 Å². The zero-order valence-corrected chi connectivity index (χ0v) is 10.5.